The summed E-state index contributed by atoms with van der Waals surface area (Å²) in [6.45, 7) is 8.57. The molecule has 0 radical (unpaired) electrons. The summed E-state index contributed by atoms with van der Waals surface area (Å²) >= 11 is 0. The summed E-state index contributed by atoms with van der Waals surface area (Å²) in [4.78, 5) is 4.28. The number of nitrogen functional groups attached to an aromatic ring is 1. The Labute approximate surface area is 92.1 Å². The SMILES string of the molecule is CCC(C)(CC)Nc1cc(C)c(N)cn1. The molecule has 0 atom stereocenters. The Morgan fingerprint density at radius 1 is 1.40 bits per heavy atom. The number of anilines is 2. The minimum Gasteiger partial charge on any atom is -0.397 e. The summed E-state index contributed by atoms with van der Waals surface area (Å²) in [6, 6.07) is 2.00. The van der Waals surface area contributed by atoms with Crippen molar-refractivity contribution < 1.29 is 0 Å². The first-order chi connectivity index (χ1) is 7.00. The average Bonchev–Trinajstić information content (AvgIpc) is 2.23. The van der Waals surface area contributed by atoms with Gasteiger partial charge in [-0.25, -0.2) is 4.98 Å². The van der Waals surface area contributed by atoms with Gasteiger partial charge in [0.2, 0.25) is 0 Å². The molecule has 84 valence electrons. The monoisotopic (exact) mass is 207 g/mol. The molecule has 0 amide bonds. The lowest BCUT2D eigenvalue weighted by atomic mass is 9.95. The predicted molar refractivity (Wildman–Crippen MR) is 66.0 cm³/mol. The molecule has 3 N–H and O–H groups in total. The van der Waals surface area contributed by atoms with Crippen LogP contribution < -0.4 is 11.1 Å². The minimum atomic E-state index is 0.121. The highest BCUT2D eigenvalue weighted by Gasteiger charge is 2.19. The van der Waals surface area contributed by atoms with Crippen molar-refractivity contribution in [2.75, 3.05) is 11.1 Å². The van der Waals surface area contributed by atoms with Crippen LogP contribution in [0, 0.1) is 6.92 Å². The van der Waals surface area contributed by atoms with Gasteiger partial charge < -0.3 is 11.1 Å². The van der Waals surface area contributed by atoms with E-state index in [1.165, 1.54) is 0 Å². The third kappa shape index (κ3) is 2.85. The highest BCUT2D eigenvalue weighted by molar-refractivity contribution is 5.51. The third-order valence-corrected chi connectivity index (χ3v) is 3.14. The molecule has 0 aliphatic rings. The Balaban J connectivity index is 2.85. The second-order valence-corrected chi connectivity index (χ2v) is 4.32. The van der Waals surface area contributed by atoms with Crippen LogP contribution >= 0.6 is 0 Å². The lowest BCUT2D eigenvalue weighted by molar-refractivity contribution is 0.477. The Hall–Kier alpha value is -1.25. The molecule has 15 heavy (non-hydrogen) atoms. The largest absolute Gasteiger partial charge is 0.397 e. The molecule has 1 aromatic rings. The zero-order valence-corrected chi connectivity index (χ0v) is 10.1. The van der Waals surface area contributed by atoms with Crippen LogP contribution in [0.25, 0.3) is 0 Å². The maximum Gasteiger partial charge on any atom is 0.126 e. The quantitative estimate of drug-likeness (QED) is 0.798. The van der Waals surface area contributed by atoms with E-state index in [4.69, 9.17) is 5.73 Å². The summed E-state index contributed by atoms with van der Waals surface area (Å²) in [7, 11) is 0. The Morgan fingerprint density at radius 3 is 2.47 bits per heavy atom. The lowest BCUT2D eigenvalue weighted by Gasteiger charge is -2.29. The zero-order chi connectivity index (χ0) is 11.5. The van der Waals surface area contributed by atoms with Crippen molar-refractivity contribution in [3.05, 3.63) is 17.8 Å². The predicted octanol–water partition coefficient (Wildman–Crippen LogP) is 2.96. The summed E-state index contributed by atoms with van der Waals surface area (Å²) in [5.41, 5.74) is 7.66. The van der Waals surface area contributed by atoms with Crippen LogP contribution in [0.5, 0.6) is 0 Å². The zero-order valence-electron chi connectivity index (χ0n) is 10.1. The molecule has 0 aliphatic carbocycles. The van der Waals surface area contributed by atoms with Gasteiger partial charge in [-0.15, -0.1) is 0 Å². The highest BCUT2D eigenvalue weighted by Crippen LogP contribution is 2.22. The normalized spacial score (nSPS) is 11.5. The van der Waals surface area contributed by atoms with Gasteiger partial charge in [-0.2, -0.15) is 0 Å². The number of nitrogens with zero attached hydrogens (tertiary/aromatic N) is 1. The molecule has 3 nitrogen and oxygen atoms in total. The summed E-state index contributed by atoms with van der Waals surface area (Å²) in [6.07, 6.45) is 3.87. The fourth-order valence-electron chi connectivity index (χ4n) is 1.37. The van der Waals surface area contributed by atoms with Crippen molar-refractivity contribution in [2.24, 2.45) is 0 Å². The number of hydrogen-bond acceptors (Lipinski definition) is 3. The second kappa shape index (κ2) is 4.51. The maximum absolute atomic E-state index is 5.73. The maximum atomic E-state index is 5.73. The van der Waals surface area contributed by atoms with Crippen LogP contribution in [0.1, 0.15) is 39.2 Å². The van der Waals surface area contributed by atoms with E-state index in [2.05, 4.69) is 31.1 Å². The van der Waals surface area contributed by atoms with E-state index in [-0.39, 0.29) is 5.54 Å². The number of pyridine rings is 1. The topological polar surface area (TPSA) is 50.9 Å². The first kappa shape index (κ1) is 11.8. The average molecular weight is 207 g/mol. The molecular weight excluding hydrogens is 186 g/mol. The number of hydrogen-bond donors (Lipinski definition) is 2. The van der Waals surface area contributed by atoms with Gasteiger partial charge in [-0.3, -0.25) is 0 Å². The van der Waals surface area contributed by atoms with Crippen LogP contribution in [0.15, 0.2) is 12.3 Å². The van der Waals surface area contributed by atoms with Crippen LogP contribution in [-0.2, 0) is 0 Å². The van der Waals surface area contributed by atoms with Crippen molar-refractivity contribution in [3.63, 3.8) is 0 Å². The molecule has 0 fully saturated rings. The molecule has 3 heteroatoms. The van der Waals surface area contributed by atoms with Crippen LogP contribution in [0.3, 0.4) is 0 Å². The minimum absolute atomic E-state index is 0.121. The van der Waals surface area contributed by atoms with Crippen molar-refractivity contribution in [3.8, 4) is 0 Å². The Morgan fingerprint density at radius 2 is 2.00 bits per heavy atom. The molecule has 0 unspecified atom stereocenters. The van der Waals surface area contributed by atoms with Crippen LogP contribution in [0.2, 0.25) is 0 Å². The fraction of sp³-hybridized carbons (Fsp3) is 0.583. The Bertz CT molecular complexity index is 330. The molecule has 0 saturated carbocycles. The van der Waals surface area contributed by atoms with E-state index < -0.39 is 0 Å². The van der Waals surface area contributed by atoms with Gasteiger partial charge in [0, 0.05) is 5.54 Å². The number of aromatic nitrogens is 1. The van der Waals surface area contributed by atoms with Gasteiger partial charge >= 0.3 is 0 Å². The Kier molecular flexibility index (Phi) is 3.56. The number of nitrogens with one attached hydrogen (secondary N) is 1. The molecule has 0 aromatic carbocycles. The molecular formula is C12H21N3. The third-order valence-electron chi connectivity index (χ3n) is 3.14. The van der Waals surface area contributed by atoms with Gasteiger partial charge in [0.1, 0.15) is 5.82 Å². The second-order valence-electron chi connectivity index (χ2n) is 4.32. The summed E-state index contributed by atoms with van der Waals surface area (Å²) < 4.78 is 0. The molecule has 1 aromatic heterocycles. The highest BCUT2D eigenvalue weighted by atomic mass is 15.0. The van der Waals surface area contributed by atoms with Gasteiger partial charge in [0.15, 0.2) is 0 Å². The molecule has 1 heterocycles. The van der Waals surface area contributed by atoms with Gasteiger partial charge in [-0.1, -0.05) is 13.8 Å². The molecule has 0 saturated heterocycles. The van der Waals surface area contributed by atoms with Crippen molar-refractivity contribution in [1.82, 2.24) is 4.98 Å². The van der Waals surface area contributed by atoms with Crippen molar-refractivity contribution in [1.29, 1.82) is 0 Å². The van der Waals surface area contributed by atoms with Gasteiger partial charge in [0.05, 0.1) is 11.9 Å². The van der Waals surface area contributed by atoms with E-state index in [0.29, 0.717) is 0 Å². The molecule has 0 aliphatic heterocycles. The van der Waals surface area contributed by atoms with E-state index in [0.717, 1.165) is 29.9 Å². The summed E-state index contributed by atoms with van der Waals surface area (Å²) in [5, 5.41) is 3.46. The van der Waals surface area contributed by atoms with Gasteiger partial charge in [-0.05, 0) is 38.3 Å². The smallest absolute Gasteiger partial charge is 0.126 e. The first-order valence-corrected chi connectivity index (χ1v) is 5.51. The van der Waals surface area contributed by atoms with Crippen LogP contribution in [-0.4, -0.2) is 10.5 Å². The van der Waals surface area contributed by atoms with Crippen molar-refractivity contribution >= 4 is 11.5 Å². The number of rotatable bonds is 4. The van der Waals surface area contributed by atoms with Crippen LogP contribution in [0.4, 0.5) is 11.5 Å². The first-order valence-electron chi connectivity index (χ1n) is 5.51. The van der Waals surface area contributed by atoms with E-state index in [1.807, 2.05) is 13.0 Å². The van der Waals surface area contributed by atoms with Gasteiger partial charge in [0.25, 0.3) is 0 Å². The fourth-order valence-corrected chi connectivity index (χ4v) is 1.37. The molecule has 1 rings (SSSR count). The molecule has 0 bridgehead atoms. The summed E-state index contributed by atoms with van der Waals surface area (Å²) in [5.74, 6) is 0.910. The van der Waals surface area contributed by atoms with E-state index in [1.54, 1.807) is 6.20 Å². The standard InChI is InChI=1S/C12H21N3/c1-5-12(4,6-2)15-11-7-9(3)10(13)8-14-11/h7-8H,5-6,13H2,1-4H3,(H,14,15). The number of aryl methyl sites for hydroxylation is 1. The molecule has 0 spiro atoms. The van der Waals surface area contributed by atoms with Crippen molar-refractivity contribution in [2.45, 2.75) is 46.1 Å². The number of nitrogens with two attached hydrogens (primary N) is 1. The lowest BCUT2D eigenvalue weighted by Crippen LogP contribution is -2.33. The van der Waals surface area contributed by atoms with E-state index in [9.17, 15) is 0 Å². The van der Waals surface area contributed by atoms with E-state index >= 15 is 0 Å².